The van der Waals surface area contributed by atoms with Gasteiger partial charge in [-0.05, 0) is 55.2 Å². The zero-order valence-electron chi connectivity index (χ0n) is 17.6. The van der Waals surface area contributed by atoms with Gasteiger partial charge in [0.15, 0.2) is 0 Å². The molecule has 0 bridgehead atoms. The van der Waals surface area contributed by atoms with Gasteiger partial charge >= 0.3 is 0 Å². The lowest BCUT2D eigenvalue weighted by Crippen LogP contribution is -2.50. The third kappa shape index (κ3) is 5.81. The van der Waals surface area contributed by atoms with Crippen LogP contribution in [0.2, 0.25) is 0 Å². The van der Waals surface area contributed by atoms with Gasteiger partial charge in [0, 0.05) is 12.6 Å². The van der Waals surface area contributed by atoms with Crippen LogP contribution in [0.3, 0.4) is 0 Å². The average molecular weight is 413 g/mol. The summed E-state index contributed by atoms with van der Waals surface area (Å²) < 4.78 is 18.5. The summed E-state index contributed by atoms with van der Waals surface area (Å²) in [5.41, 5.74) is 1.59. The average Bonchev–Trinajstić information content (AvgIpc) is 3.26. The van der Waals surface area contributed by atoms with Gasteiger partial charge in [0.1, 0.15) is 17.6 Å². The fraction of sp³-hybridized carbons (Fsp3) is 0.417. The molecule has 0 radical (unpaired) electrons. The molecule has 2 aromatic carbocycles. The lowest BCUT2D eigenvalue weighted by molar-refractivity contribution is -0.140. The normalized spacial score (nSPS) is 14.9. The van der Waals surface area contributed by atoms with E-state index in [1.54, 1.807) is 31.1 Å². The van der Waals surface area contributed by atoms with E-state index >= 15 is 0 Å². The molecule has 1 fully saturated rings. The van der Waals surface area contributed by atoms with Crippen LogP contribution >= 0.6 is 0 Å². The van der Waals surface area contributed by atoms with Gasteiger partial charge < -0.3 is 15.0 Å². The summed E-state index contributed by atoms with van der Waals surface area (Å²) >= 11 is 0. The predicted molar refractivity (Wildman–Crippen MR) is 114 cm³/mol. The standard InChI is InChI=1S/C24H29FN2O3/c1-17(24(29)26-21-7-3-4-8-21)27(16-19-6-5-9-22(14-19)30-2)23(28)15-18-10-12-20(25)13-11-18/h5-6,9-14,17,21H,3-4,7-8,15-16H2,1-2H3,(H,26,29). The van der Waals surface area contributed by atoms with E-state index in [0.717, 1.165) is 31.2 Å². The molecule has 3 rings (SSSR count). The Morgan fingerprint density at radius 2 is 1.83 bits per heavy atom. The van der Waals surface area contributed by atoms with Crippen molar-refractivity contribution < 1.29 is 18.7 Å². The van der Waals surface area contributed by atoms with Crippen LogP contribution in [0.4, 0.5) is 4.39 Å². The molecule has 1 unspecified atom stereocenters. The number of benzene rings is 2. The van der Waals surface area contributed by atoms with Crippen molar-refractivity contribution in [2.75, 3.05) is 7.11 Å². The maximum absolute atomic E-state index is 13.2. The van der Waals surface area contributed by atoms with Gasteiger partial charge in [-0.3, -0.25) is 9.59 Å². The number of nitrogens with one attached hydrogen (secondary N) is 1. The summed E-state index contributed by atoms with van der Waals surface area (Å²) in [5, 5.41) is 3.09. The van der Waals surface area contributed by atoms with E-state index in [1.165, 1.54) is 12.1 Å². The zero-order valence-corrected chi connectivity index (χ0v) is 17.6. The third-order valence-corrected chi connectivity index (χ3v) is 5.62. The van der Waals surface area contributed by atoms with E-state index in [1.807, 2.05) is 24.3 Å². The number of hydrogen-bond donors (Lipinski definition) is 1. The Labute approximate surface area is 177 Å². The van der Waals surface area contributed by atoms with Crippen molar-refractivity contribution in [3.05, 3.63) is 65.5 Å². The Morgan fingerprint density at radius 3 is 2.50 bits per heavy atom. The lowest BCUT2D eigenvalue weighted by atomic mass is 10.1. The van der Waals surface area contributed by atoms with Crippen molar-refractivity contribution in [3.8, 4) is 5.75 Å². The number of halogens is 1. The van der Waals surface area contributed by atoms with Crippen LogP contribution < -0.4 is 10.1 Å². The molecule has 2 amide bonds. The van der Waals surface area contributed by atoms with E-state index in [0.29, 0.717) is 11.3 Å². The molecule has 6 heteroatoms. The van der Waals surface area contributed by atoms with E-state index in [4.69, 9.17) is 4.74 Å². The number of hydrogen-bond acceptors (Lipinski definition) is 3. The summed E-state index contributed by atoms with van der Waals surface area (Å²) in [5.74, 6) is 0.0287. The minimum absolute atomic E-state index is 0.102. The van der Waals surface area contributed by atoms with Crippen molar-refractivity contribution in [1.29, 1.82) is 0 Å². The number of carbonyl (C=O) groups excluding carboxylic acids is 2. The SMILES string of the molecule is COc1cccc(CN(C(=O)Cc2ccc(F)cc2)C(C)C(=O)NC2CCCC2)c1. The van der Waals surface area contributed by atoms with Gasteiger partial charge in [0.05, 0.1) is 13.5 Å². The Kier molecular flexibility index (Phi) is 7.44. The number of carbonyl (C=O) groups is 2. The molecule has 1 aliphatic carbocycles. The fourth-order valence-electron chi connectivity index (χ4n) is 3.82. The summed E-state index contributed by atoms with van der Waals surface area (Å²) in [6, 6.07) is 12.9. The van der Waals surface area contributed by atoms with Gasteiger partial charge in [-0.2, -0.15) is 0 Å². The lowest BCUT2D eigenvalue weighted by Gasteiger charge is -2.30. The van der Waals surface area contributed by atoms with E-state index in [9.17, 15) is 14.0 Å². The van der Waals surface area contributed by atoms with Crippen LogP contribution in [-0.2, 0) is 22.6 Å². The number of ether oxygens (including phenoxy) is 1. The molecular weight excluding hydrogens is 383 g/mol. The van der Waals surface area contributed by atoms with Crippen LogP contribution in [0, 0.1) is 5.82 Å². The monoisotopic (exact) mass is 412 g/mol. The maximum Gasteiger partial charge on any atom is 0.242 e. The highest BCUT2D eigenvalue weighted by Crippen LogP contribution is 2.20. The number of amides is 2. The van der Waals surface area contributed by atoms with Gasteiger partial charge in [-0.1, -0.05) is 37.1 Å². The van der Waals surface area contributed by atoms with Crippen molar-refractivity contribution in [3.63, 3.8) is 0 Å². The summed E-state index contributed by atoms with van der Waals surface area (Å²) in [6.45, 7) is 2.05. The van der Waals surface area contributed by atoms with Gasteiger partial charge in [0.2, 0.25) is 11.8 Å². The minimum Gasteiger partial charge on any atom is -0.497 e. The second-order valence-corrected chi connectivity index (χ2v) is 7.84. The van der Waals surface area contributed by atoms with Gasteiger partial charge in [-0.15, -0.1) is 0 Å². The van der Waals surface area contributed by atoms with Crippen molar-refractivity contribution >= 4 is 11.8 Å². The second-order valence-electron chi connectivity index (χ2n) is 7.84. The molecule has 0 heterocycles. The first-order valence-electron chi connectivity index (χ1n) is 10.4. The molecule has 0 saturated heterocycles. The molecule has 1 aliphatic rings. The summed E-state index contributed by atoms with van der Waals surface area (Å²) in [6.07, 6.45) is 4.31. The second kappa shape index (κ2) is 10.2. The smallest absolute Gasteiger partial charge is 0.242 e. The first kappa shape index (κ1) is 21.8. The van der Waals surface area contributed by atoms with Gasteiger partial charge in [0.25, 0.3) is 0 Å². The molecule has 5 nitrogen and oxygen atoms in total. The Morgan fingerprint density at radius 1 is 1.13 bits per heavy atom. The molecule has 0 aromatic heterocycles. The number of rotatable bonds is 8. The predicted octanol–water partition coefficient (Wildman–Crippen LogP) is 3.85. The maximum atomic E-state index is 13.2. The highest BCUT2D eigenvalue weighted by molar-refractivity contribution is 5.88. The van der Waals surface area contributed by atoms with Crippen LogP contribution in [0.5, 0.6) is 5.75 Å². The summed E-state index contributed by atoms with van der Waals surface area (Å²) in [7, 11) is 1.59. The van der Waals surface area contributed by atoms with Gasteiger partial charge in [-0.25, -0.2) is 4.39 Å². The van der Waals surface area contributed by atoms with Crippen LogP contribution in [0.1, 0.15) is 43.7 Å². The molecule has 1 N–H and O–H groups in total. The highest BCUT2D eigenvalue weighted by atomic mass is 19.1. The first-order valence-corrected chi connectivity index (χ1v) is 10.4. The Hall–Kier alpha value is -2.89. The highest BCUT2D eigenvalue weighted by Gasteiger charge is 2.28. The summed E-state index contributed by atoms with van der Waals surface area (Å²) in [4.78, 5) is 27.6. The Bertz CT molecular complexity index is 863. The van der Waals surface area contributed by atoms with Crippen LogP contribution in [0.25, 0.3) is 0 Å². The molecule has 1 atom stereocenters. The van der Waals surface area contributed by atoms with Crippen LogP contribution in [0.15, 0.2) is 48.5 Å². The number of nitrogens with zero attached hydrogens (tertiary/aromatic N) is 1. The minimum atomic E-state index is -0.621. The molecule has 0 aliphatic heterocycles. The quantitative estimate of drug-likeness (QED) is 0.716. The first-order chi connectivity index (χ1) is 14.5. The zero-order chi connectivity index (χ0) is 21.5. The van der Waals surface area contributed by atoms with E-state index < -0.39 is 6.04 Å². The number of methoxy groups -OCH3 is 1. The molecule has 1 saturated carbocycles. The molecule has 0 spiro atoms. The van der Waals surface area contributed by atoms with Crippen molar-refractivity contribution in [2.45, 2.75) is 57.7 Å². The molecule has 2 aromatic rings. The van der Waals surface area contributed by atoms with Crippen molar-refractivity contribution in [1.82, 2.24) is 10.2 Å². The molecule has 160 valence electrons. The van der Waals surface area contributed by atoms with E-state index in [2.05, 4.69) is 5.32 Å². The fourth-order valence-corrected chi connectivity index (χ4v) is 3.82. The van der Waals surface area contributed by atoms with Crippen LogP contribution in [-0.4, -0.2) is 35.9 Å². The largest absolute Gasteiger partial charge is 0.497 e. The van der Waals surface area contributed by atoms with Crippen molar-refractivity contribution in [2.24, 2.45) is 0 Å². The van der Waals surface area contributed by atoms with E-state index in [-0.39, 0.29) is 36.6 Å². The molecule has 30 heavy (non-hydrogen) atoms. The topological polar surface area (TPSA) is 58.6 Å². The Balaban J connectivity index is 1.77. The third-order valence-electron chi connectivity index (χ3n) is 5.62. The molecular formula is C24H29FN2O3.